The van der Waals surface area contributed by atoms with Gasteiger partial charge in [-0.1, -0.05) is 0 Å². The number of hydrogen-bond donors (Lipinski definition) is 1. The van der Waals surface area contributed by atoms with Crippen LogP contribution >= 0.6 is 0 Å². The number of rotatable bonds is 5. The quantitative estimate of drug-likeness (QED) is 0.917. The summed E-state index contributed by atoms with van der Waals surface area (Å²) < 4.78 is 7.26. The van der Waals surface area contributed by atoms with Crippen molar-refractivity contribution in [3.8, 4) is 0 Å². The molecule has 3 heterocycles. The fourth-order valence-electron chi connectivity index (χ4n) is 3.18. The molecule has 1 fully saturated rings. The van der Waals surface area contributed by atoms with Crippen molar-refractivity contribution in [3.05, 3.63) is 41.6 Å². The van der Waals surface area contributed by atoms with Crippen molar-refractivity contribution in [1.82, 2.24) is 14.7 Å². The predicted octanol–water partition coefficient (Wildman–Crippen LogP) is 2.25. The van der Waals surface area contributed by atoms with Gasteiger partial charge < -0.3 is 9.52 Å². The smallest absolute Gasteiger partial charge is 0.325 e. The number of aromatic nitrogens is 2. The third-order valence-electron chi connectivity index (χ3n) is 4.13. The summed E-state index contributed by atoms with van der Waals surface area (Å²) in [5.74, 6) is 1.38. The highest BCUT2D eigenvalue weighted by Crippen LogP contribution is 2.27. The van der Waals surface area contributed by atoms with E-state index in [2.05, 4.69) is 10.00 Å². The molecule has 2 aromatic heterocycles. The molecule has 0 saturated carbocycles. The Morgan fingerprint density at radius 3 is 3.05 bits per heavy atom. The first-order valence-electron chi connectivity index (χ1n) is 7.63. The Bertz CT molecular complexity index is 647. The lowest BCUT2D eigenvalue weighted by Crippen LogP contribution is -2.34. The minimum absolute atomic E-state index is 0.0732. The molecule has 22 heavy (non-hydrogen) atoms. The number of piperidine rings is 1. The number of likely N-dealkylation sites (tertiary alicyclic amines) is 1. The van der Waals surface area contributed by atoms with E-state index in [1.54, 1.807) is 10.9 Å². The number of nitrogens with zero attached hydrogens (tertiary/aromatic N) is 3. The number of carboxylic acids is 1. The summed E-state index contributed by atoms with van der Waals surface area (Å²) in [5.41, 5.74) is 1.02. The summed E-state index contributed by atoms with van der Waals surface area (Å²) in [7, 11) is 0. The van der Waals surface area contributed by atoms with Crippen LogP contribution < -0.4 is 0 Å². The van der Waals surface area contributed by atoms with Gasteiger partial charge in [0.2, 0.25) is 0 Å². The highest BCUT2D eigenvalue weighted by atomic mass is 16.4. The lowest BCUT2D eigenvalue weighted by molar-refractivity contribution is -0.137. The molecule has 0 spiro atoms. The molecule has 6 nitrogen and oxygen atoms in total. The van der Waals surface area contributed by atoms with E-state index in [-0.39, 0.29) is 6.54 Å². The maximum Gasteiger partial charge on any atom is 0.325 e. The van der Waals surface area contributed by atoms with Crippen molar-refractivity contribution in [1.29, 1.82) is 0 Å². The Morgan fingerprint density at radius 1 is 1.45 bits per heavy atom. The zero-order valence-corrected chi connectivity index (χ0v) is 12.7. The van der Waals surface area contributed by atoms with Gasteiger partial charge in [0.25, 0.3) is 0 Å². The molecule has 0 aliphatic carbocycles. The number of aliphatic carboxylic acids is 1. The SMILES string of the molecule is Cc1ccc(CN2CCCC(c3ccnn3CC(=O)O)C2)o1. The topological polar surface area (TPSA) is 71.5 Å². The molecule has 6 heteroatoms. The van der Waals surface area contributed by atoms with Crippen LogP contribution in [0.5, 0.6) is 0 Å². The monoisotopic (exact) mass is 303 g/mol. The van der Waals surface area contributed by atoms with Gasteiger partial charge in [-0.2, -0.15) is 5.10 Å². The van der Waals surface area contributed by atoms with Crippen LogP contribution in [0.15, 0.2) is 28.8 Å². The van der Waals surface area contributed by atoms with Gasteiger partial charge in [0.15, 0.2) is 0 Å². The maximum absolute atomic E-state index is 10.9. The fraction of sp³-hybridized carbons (Fsp3) is 0.500. The van der Waals surface area contributed by atoms with Gasteiger partial charge in [-0.3, -0.25) is 14.4 Å². The van der Waals surface area contributed by atoms with Crippen LogP contribution in [0.2, 0.25) is 0 Å². The fourth-order valence-corrected chi connectivity index (χ4v) is 3.18. The standard InChI is InChI=1S/C16H21N3O3/c1-12-4-5-14(22-12)10-18-8-2-3-13(9-18)15-6-7-17-19(15)11-16(20)21/h4-7,13H,2-3,8-11H2,1H3,(H,20,21). The largest absolute Gasteiger partial charge is 0.480 e. The minimum Gasteiger partial charge on any atom is -0.480 e. The van der Waals surface area contributed by atoms with Crippen molar-refractivity contribution in [2.75, 3.05) is 13.1 Å². The van der Waals surface area contributed by atoms with E-state index in [4.69, 9.17) is 9.52 Å². The highest BCUT2D eigenvalue weighted by molar-refractivity contribution is 5.66. The van der Waals surface area contributed by atoms with Crippen molar-refractivity contribution in [3.63, 3.8) is 0 Å². The molecule has 0 amide bonds. The second-order valence-electron chi connectivity index (χ2n) is 5.89. The summed E-state index contributed by atoms with van der Waals surface area (Å²) in [6, 6.07) is 5.94. The lowest BCUT2D eigenvalue weighted by Gasteiger charge is -2.32. The van der Waals surface area contributed by atoms with E-state index >= 15 is 0 Å². The average molecular weight is 303 g/mol. The molecular formula is C16H21N3O3. The van der Waals surface area contributed by atoms with Gasteiger partial charge in [-0.15, -0.1) is 0 Å². The first-order chi connectivity index (χ1) is 10.6. The highest BCUT2D eigenvalue weighted by Gasteiger charge is 2.25. The summed E-state index contributed by atoms with van der Waals surface area (Å²) in [5, 5.41) is 13.1. The third-order valence-corrected chi connectivity index (χ3v) is 4.13. The van der Waals surface area contributed by atoms with Gasteiger partial charge in [-0.25, -0.2) is 0 Å². The van der Waals surface area contributed by atoms with Crippen molar-refractivity contribution in [2.24, 2.45) is 0 Å². The molecule has 2 aromatic rings. The first-order valence-corrected chi connectivity index (χ1v) is 7.63. The minimum atomic E-state index is -0.858. The summed E-state index contributed by atoms with van der Waals surface area (Å²) >= 11 is 0. The Labute approximate surface area is 129 Å². The molecule has 0 radical (unpaired) electrons. The summed E-state index contributed by atoms with van der Waals surface area (Å²) in [6.07, 6.45) is 3.86. The molecule has 118 valence electrons. The predicted molar refractivity (Wildman–Crippen MR) is 80.6 cm³/mol. The van der Waals surface area contributed by atoms with E-state index in [9.17, 15) is 4.79 Å². The molecule has 1 atom stereocenters. The normalized spacial score (nSPS) is 19.4. The van der Waals surface area contributed by atoms with Gasteiger partial charge >= 0.3 is 5.97 Å². The van der Waals surface area contributed by atoms with E-state index < -0.39 is 5.97 Å². The van der Waals surface area contributed by atoms with E-state index in [1.165, 1.54) is 0 Å². The lowest BCUT2D eigenvalue weighted by atomic mass is 9.94. The van der Waals surface area contributed by atoms with E-state index in [0.29, 0.717) is 5.92 Å². The summed E-state index contributed by atoms with van der Waals surface area (Å²) in [6.45, 7) is 4.63. The Hall–Kier alpha value is -2.08. The molecule has 0 aromatic carbocycles. The zero-order valence-electron chi connectivity index (χ0n) is 12.7. The number of carboxylic acid groups (broad SMARTS) is 1. The van der Waals surface area contributed by atoms with E-state index in [0.717, 1.165) is 49.7 Å². The molecule has 1 saturated heterocycles. The molecular weight excluding hydrogens is 282 g/mol. The third kappa shape index (κ3) is 3.39. The average Bonchev–Trinajstić information content (AvgIpc) is 3.08. The Balaban J connectivity index is 1.68. The van der Waals surface area contributed by atoms with Crippen LogP contribution in [0.25, 0.3) is 0 Å². The van der Waals surface area contributed by atoms with Gasteiger partial charge in [0.05, 0.1) is 6.54 Å². The molecule has 1 unspecified atom stereocenters. The number of carbonyl (C=O) groups is 1. The van der Waals surface area contributed by atoms with Crippen LogP contribution in [0.1, 0.15) is 36.0 Å². The molecule has 0 bridgehead atoms. The van der Waals surface area contributed by atoms with E-state index in [1.807, 2.05) is 25.1 Å². The van der Waals surface area contributed by atoms with Crippen molar-refractivity contribution >= 4 is 5.97 Å². The van der Waals surface area contributed by atoms with Gasteiger partial charge in [0.1, 0.15) is 18.1 Å². The molecule has 1 aliphatic rings. The van der Waals surface area contributed by atoms with Gasteiger partial charge in [-0.05, 0) is 44.5 Å². The number of aryl methyl sites for hydroxylation is 1. The molecule has 1 aliphatic heterocycles. The van der Waals surface area contributed by atoms with Crippen LogP contribution in [0.3, 0.4) is 0 Å². The molecule has 3 rings (SSSR count). The molecule has 1 N–H and O–H groups in total. The van der Waals surface area contributed by atoms with Crippen LogP contribution in [-0.2, 0) is 17.9 Å². The van der Waals surface area contributed by atoms with Crippen molar-refractivity contribution < 1.29 is 14.3 Å². The second kappa shape index (κ2) is 6.36. The van der Waals surface area contributed by atoms with Crippen LogP contribution in [-0.4, -0.2) is 38.8 Å². The second-order valence-corrected chi connectivity index (χ2v) is 5.89. The first kappa shape index (κ1) is 14.8. The van der Waals surface area contributed by atoms with Gasteiger partial charge in [0, 0.05) is 24.4 Å². The Kier molecular flexibility index (Phi) is 4.29. The maximum atomic E-state index is 10.9. The van der Waals surface area contributed by atoms with Crippen molar-refractivity contribution in [2.45, 2.75) is 38.8 Å². The Morgan fingerprint density at radius 2 is 2.32 bits per heavy atom. The number of furan rings is 1. The number of hydrogen-bond acceptors (Lipinski definition) is 4. The van der Waals surface area contributed by atoms with Crippen LogP contribution in [0, 0.1) is 6.92 Å². The zero-order chi connectivity index (χ0) is 15.5. The summed E-state index contributed by atoms with van der Waals surface area (Å²) in [4.78, 5) is 13.3. The van der Waals surface area contributed by atoms with Crippen LogP contribution in [0.4, 0.5) is 0 Å².